The van der Waals surface area contributed by atoms with Gasteiger partial charge in [-0.05, 0) is 28.8 Å². The Balaban J connectivity index is 1.18. The minimum atomic E-state index is -0.747. The van der Waals surface area contributed by atoms with Crippen molar-refractivity contribution in [2.75, 3.05) is 5.75 Å². The summed E-state index contributed by atoms with van der Waals surface area (Å²) in [5, 5.41) is 4.43. The molecule has 5 aromatic rings. The van der Waals surface area contributed by atoms with Crippen LogP contribution in [0.3, 0.4) is 0 Å². The second-order valence-corrected chi connectivity index (χ2v) is 14.1. The van der Waals surface area contributed by atoms with Gasteiger partial charge in [0.1, 0.15) is 17.1 Å². The van der Waals surface area contributed by atoms with Gasteiger partial charge in [0.05, 0.1) is 12.1 Å². The number of amides is 2. The van der Waals surface area contributed by atoms with Gasteiger partial charge in [0.2, 0.25) is 5.91 Å². The molecule has 1 fully saturated rings. The summed E-state index contributed by atoms with van der Waals surface area (Å²) in [7, 11) is 0. The summed E-state index contributed by atoms with van der Waals surface area (Å²) in [5.41, 5.74) is 4.42. The number of ether oxygens (including phenoxy) is 1. The van der Waals surface area contributed by atoms with Crippen molar-refractivity contribution in [3.8, 4) is 11.3 Å². The van der Waals surface area contributed by atoms with Crippen molar-refractivity contribution < 1.29 is 19.1 Å². The van der Waals surface area contributed by atoms with E-state index in [4.69, 9.17) is 9.72 Å². The van der Waals surface area contributed by atoms with Crippen LogP contribution in [-0.4, -0.2) is 49.8 Å². The molecule has 7 rings (SSSR count). The van der Waals surface area contributed by atoms with Crippen LogP contribution in [0, 0.1) is 0 Å². The summed E-state index contributed by atoms with van der Waals surface area (Å²) in [6.45, 7) is 0. The first-order chi connectivity index (χ1) is 23.0. The number of esters is 1. The molecule has 2 amide bonds. The van der Waals surface area contributed by atoms with Crippen LogP contribution in [0.2, 0.25) is 0 Å². The maximum Gasteiger partial charge on any atom is 0.356 e. The zero-order valence-electron chi connectivity index (χ0n) is 24.9. The van der Waals surface area contributed by atoms with Crippen LogP contribution in [0.1, 0.15) is 22.8 Å². The van der Waals surface area contributed by atoms with Gasteiger partial charge in [-0.3, -0.25) is 19.5 Å². The van der Waals surface area contributed by atoms with Gasteiger partial charge < -0.3 is 10.1 Å². The van der Waals surface area contributed by atoms with Crippen LogP contribution >= 0.6 is 34.9 Å². The number of hydrogen-bond acceptors (Lipinski definition) is 9. The molecule has 0 bridgehead atoms. The lowest BCUT2D eigenvalue weighted by atomic mass is 10.0. The lowest BCUT2D eigenvalue weighted by molar-refractivity contribution is -0.154. The molecule has 11 heteroatoms. The van der Waals surface area contributed by atoms with Crippen molar-refractivity contribution >= 4 is 52.6 Å². The van der Waals surface area contributed by atoms with Crippen molar-refractivity contribution in [1.82, 2.24) is 20.2 Å². The monoisotopic (exact) mass is 676 g/mol. The van der Waals surface area contributed by atoms with Crippen LogP contribution in [-0.2, 0) is 25.5 Å². The Morgan fingerprint density at radius 2 is 1.55 bits per heavy atom. The van der Waals surface area contributed by atoms with E-state index >= 15 is 0 Å². The van der Waals surface area contributed by atoms with Crippen molar-refractivity contribution in [3.05, 3.63) is 148 Å². The largest absolute Gasteiger partial charge is 0.448 e. The fourth-order valence-corrected chi connectivity index (χ4v) is 8.93. The standard InChI is InChI=1S/C36H28N4O4S3/c41-29(20-23-10-4-1-5-11-23)39-30-33(42)40-31(35(43)44-32(25-12-6-2-7-13-25)26-14-8-3-9-15-26)28(22-45-34(30)40)47-36-38-27(21-46-36)24-16-18-37-19-17-24/h1-19,21,30,32,34H,20,22H2,(H,39,41). The predicted molar refractivity (Wildman–Crippen MR) is 184 cm³/mol. The van der Waals surface area contributed by atoms with E-state index in [1.54, 1.807) is 12.4 Å². The molecule has 234 valence electrons. The van der Waals surface area contributed by atoms with Gasteiger partial charge in [0.25, 0.3) is 5.91 Å². The number of rotatable bonds is 10. The third-order valence-electron chi connectivity index (χ3n) is 7.75. The molecule has 0 spiro atoms. The molecule has 0 aliphatic carbocycles. The average molecular weight is 677 g/mol. The SMILES string of the molecule is O=C(Cc1ccccc1)NC1C(=O)N2C(C(=O)OC(c3ccccc3)c3ccccc3)=C(Sc3nc(-c4ccncc4)cs3)CSC12. The number of nitrogens with one attached hydrogen (secondary N) is 1. The molecule has 2 aromatic heterocycles. The number of benzene rings is 3. The summed E-state index contributed by atoms with van der Waals surface area (Å²) in [4.78, 5) is 52.0. The van der Waals surface area contributed by atoms with E-state index < -0.39 is 23.5 Å². The van der Waals surface area contributed by atoms with Gasteiger partial charge in [0, 0.05) is 34.0 Å². The number of nitrogens with zero attached hydrogens (tertiary/aromatic N) is 3. The van der Waals surface area contributed by atoms with E-state index in [9.17, 15) is 14.4 Å². The highest BCUT2D eigenvalue weighted by atomic mass is 32.2. The molecule has 2 atom stereocenters. The fourth-order valence-electron chi connectivity index (χ4n) is 5.48. The molecule has 0 radical (unpaired) electrons. The molecule has 47 heavy (non-hydrogen) atoms. The van der Waals surface area contributed by atoms with E-state index in [0.29, 0.717) is 10.7 Å². The number of hydrogen-bond donors (Lipinski definition) is 1. The van der Waals surface area contributed by atoms with Gasteiger partial charge in [-0.2, -0.15) is 0 Å². The minimum Gasteiger partial charge on any atom is -0.448 e. The zero-order chi connectivity index (χ0) is 32.2. The first-order valence-corrected chi connectivity index (χ1v) is 17.7. The molecule has 1 saturated heterocycles. The van der Waals surface area contributed by atoms with Gasteiger partial charge in [-0.15, -0.1) is 23.1 Å². The number of aromatic nitrogens is 2. The third-order valence-corrected chi connectivity index (χ3v) is 11.2. The van der Waals surface area contributed by atoms with E-state index in [2.05, 4.69) is 10.3 Å². The maximum atomic E-state index is 14.3. The number of pyridine rings is 1. The number of fused-ring (bicyclic) bond motifs is 1. The normalized spacial score (nSPS) is 17.2. The van der Waals surface area contributed by atoms with Crippen LogP contribution in [0.25, 0.3) is 11.3 Å². The second-order valence-electron chi connectivity index (χ2n) is 10.8. The second kappa shape index (κ2) is 14.0. The molecule has 2 aliphatic heterocycles. The summed E-state index contributed by atoms with van der Waals surface area (Å²) in [5.74, 6) is -0.757. The Morgan fingerprint density at radius 1 is 0.915 bits per heavy atom. The molecule has 2 aliphatic rings. The molecule has 8 nitrogen and oxygen atoms in total. The summed E-state index contributed by atoms with van der Waals surface area (Å²) >= 11 is 4.34. The minimum absolute atomic E-state index is 0.160. The Morgan fingerprint density at radius 3 is 2.21 bits per heavy atom. The Kier molecular flexibility index (Phi) is 9.18. The van der Waals surface area contributed by atoms with Crippen molar-refractivity contribution in [1.29, 1.82) is 0 Å². The van der Waals surface area contributed by atoms with Gasteiger partial charge in [0.15, 0.2) is 10.4 Å². The zero-order valence-corrected chi connectivity index (χ0v) is 27.3. The quantitative estimate of drug-likeness (QED) is 0.133. The van der Waals surface area contributed by atoms with Crippen molar-refractivity contribution in [3.63, 3.8) is 0 Å². The molecular formula is C36H28N4O4S3. The molecule has 1 N–H and O–H groups in total. The fraction of sp³-hybridized carbons (Fsp3) is 0.139. The van der Waals surface area contributed by atoms with Gasteiger partial charge in [-0.25, -0.2) is 9.78 Å². The van der Waals surface area contributed by atoms with Crippen molar-refractivity contribution in [2.45, 2.75) is 28.3 Å². The third kappa shape index (κ3) is 6.73. The van der Waals surface area contributed by atoms with Crippen LogP contribution in [0.15, 0.2) is 136 Å². The van der Waals surface area contributed by atoms with Crippen LogP contribution in [0.4, 0.5) is 0 Å². The highest BCUT2D eigenvalue weighted by Gasteiger charge is 2.55. The lowest BCUT2D eigenvalue weighted by Gasteiger charge is -2.49. The van der Waals surface area contributed by atoms with Gasteiger partial charge >= 0.3 is 5.97 Å². The summed E-state index contributed by atoms with van der Waals surface area (Å²) in [6.07, 6.45) is 2.91. The van der Waals surface area contributed by atoms with E-state index in [1.807, 2.05) is 109 Å². The Hall–Kier alpha value is -4.71. The smallest absolute Gasteiger partial charge is 0.356 e. The molecule has 2 unspecified atom stereocenters. The van der Waals surface area contributed by atoms with Crippen LogP contribution in [0.5, 0.6) is 0 Å². The van der Waals surface area contributed by atoms with E-state index in [0.717, 1.165) is 32.3 Å². The molecular weight excluding hydrogens is 649 g/mol. The topological polar surface area (TPSA) is 101 Å². The Labute approximate surface area is 284 Å². The van der Waals surface area contributed by atoms with E-state index in [1.165, 1.54) is 39.8 Å². The number of carbonyl (C=O) groups is 3. The maximum absolute atomic E-state index is 14.3. The average Bonchev–Trinajstić information content (AvgIpc) is 3.59. The number of β-lactam (4-membered cyclic amide) rings is 1. The van der Waals surface area contributed by atoms with Crippen molar-refractivity contribution in [2.24, 2.45) is 0 Å². The highest BCUT2D eigenvalue weighted by molar-refractivity contribution is 8.07. The molecule has 3 aromatic carbocycles. The highest BCUT2D eigenvalue weighted by Crippen LogP contribution is 2.47. The van der Waals surface area contributed by atoms with Gasteiger partial charge in [-0.1, -0.05) is 103 Å². The summed E-state index contributed by atoms with van der Waals surface area (Å²) < 4.78 is 7.01. The predicted octanol–water partition coefficient (Wildman–Crippen LogP) is 6.48. The lowest BCUT2D eigenvalue weighted by Crippen LogP contribution is -2.70. The Bertz CT molecular complexity index is 1880. The van der Waals surface area contributed by atoms with Crippen LogP contribution < -0.4 is 5.32 Å². The molecule has 4 heterocycles. The first kappa shape index (κ1) is 30.9. The van der Waals surface area contributed by atoms with E-state index in [-0.39, 0.29) is 23.9 Å². The molecule has 0 saturated carbocycles. The number of thioether (sulfide) groups is 2. The summed E-state index contributed by atoms with van der Waals surface area (Å²) in [6, 6.07) is 31.5. The number of thiazole rings is 1. The number of carbonyl (C=O) groups excluding carboxylic acids is 3. The first-order valence-electron chi connectivity index (χ1n) is 14.9.